The van der Waals surface area contributed by atoms with Crippen LogP contribution < -0.4 is 0 Å². The third kappa shape index (κ3) is 2.21. The molecular weight excluding hydrogens is 242 g/mol. The van der Waals surface area contributed by atoms with Gasteiger partial charge in [0.25, 0.3) is 0 Å². The predicted molar refractivity (Wildman–Crippen MR) is 71.5 cm³/mol. The number of pyridine rings is 1. The Hall–Kier alpha value is -1.88. The normalized spacial score (nSPS) is 20.2. The summed E-state index contributed by atoms with van der Waals surface area (Å²) in [6.45, 7) is 2.17. The zero-order chi connectivity index (χ0) is 13.4. The number of rotatable bonds is 3. The Morgan fingerprint density at radius 2 is 2.37 bits per heavy atom. The van der Waals surface area contributed by atoms with E-state index in [0.29, 0.717) is 5.92 Å². The van der Waals surface area contributed by atoms with Gasteiger partial charge in [-0.15, -0.1) is 0 Å². The molecule has 0 aromatic carbocycles. The molecule has 1 fully saturated rings. The van der Waals surface area contributed by atoms with Gasteiger partial charge in [0.05, 0.1) is 11.7 Å². The summed E-state index contributed by atoms with van der Waals surface area (Å²) in [5, 5.41) is 9.27. The molecule has 0 radical (unpaired) electrons. The van der Waals surface area contributed by atoms with Crippen LogP contribution in [0.3, 0.4) is 0 Å². The molecule has 1 unspecified atom stereocenters. The van der Waals surface area contributed by atoms with Crippen molar-refractivity contribution in [2.24, 2.45) is 5.92 Å². The molecule has 0 spiro atoms. The van der Waals surface area contributed by atoms with E-state index in [2.05, 4.69) is 16.9 Å². The second-order valence-corrected chi connectivity index (χ2v) is 5.27. The first-order valence-corrected chi connectivity index (χ1v) is 6.52. The van der Waals surface area contributed by atoms with Gasteiger partial charge in [-0.1, -0.05) is 6.07 Å². The quantitative estimate of drug-likeness (QED) is 0.908. The highest BCUT2D eigenvalue weighted by molar-refractivity contribution is 5.86. The monoisotopic (exact) mass is 259 g/mol. The third-order valence-corrected chi connectivity index (χ3v) is 3.80. The van der Waals surface area contributed by atoms with Crippen molar-refractivity contribution in [2.45, 2.75) is 12.8 Å². The number of fused-ring (bicyclic) bond motifs is 1. The van der Waals surface area contributed by atoms with Gasteiger partial charge in [0.2, 0.25) is 0 Å². The first-order chi connectivity index (χ1) is 9.15. The van der Waals surface area contributed by atoms with E-state index in [1.54, 1.807) is 22.7 Å². The van der Waals surface area contributed by atoms with Crippen LogP contribution in [0.1, 0.15) is 22.7 Å². The lowest BCUT2D eigenvalue weighted by Gasteiger charge is -2.10. The Kier molecular flexibility index (Phi) is 2.98. The maximum atomic E-state index is 11.3. The summed E-state index contributed by atoms with van der Waals surface area (Å²) in [5.41, 5.74) is 1.14. The highest BCUT2D eigenvalue weighted by Crippen LogP contribution is 2.20. The molecule has 0 aliphatic carbocycles. The summed E-state index contributed by atoms with van der Waals surface area (Å²) < 4.78 is 1.76. The van der Waals surface area contributed by atoms with Crippen LogP contribution in [-0.2, 0) is 6.42 Å². The molecule has 0 amide bonds. The van der Waals surface area contributed by atoms with E-state index in [1.165, 1.54) is 0 Å². The number of hydrogen-bond acceptors (Lipinski definition) is 3. The molecule has 1 N–H and O–H groups in total. The first kappa shape index (κ1) is 12.2. The average molecular weight is 259 g/mol. The summed E-state index contributed by atoms with van der Waals surface area (Å²) in [4.78, 5) is 18.0. The van der Waals surface area contributed by atoms with Gasteiger partial charge in [0.15, 0.2) is 0 Å². The Labute approximate surface area is 111 Å². The molecule has 5 heteroatoms. The average Bonchev–Trinajstić information content (AvgIpc) is 2.97. The lowest BCUT2D eigenvalue weighted by Crippen LogP contribution is -2.16. The van der Waals surface area contributed by atoms with Crippen LogP contribution in [-0.4, -0.2) is 45.5 Å². The molecule has 1 aliphatic rings. The topological polar surface area (TPSA) is 57.8 Å². The van der Waals surface area contributed by atoms with E-state index in [1.807, 2.05) is 6.07 Å². The first-order valence-electron chi connectivity index (χ1n) is 6.52. The van der Waals surface area contributed by atoms with Crippen LogP contribution in [0.4, 0.5) is 0 Å². The molecule has 19 heavy (non-hydrogen) atoms. The third-order valence-electron chi connectivity index (χ3n) is 3.80. The van der Waals surface area contributed by atoms with Crippen molar-refractivity contribution in [1.82, 2.24) is 14.3 Å². The van der Waals surface area contributed by atoms with Gasteiger partial charge < -0.3 is 10.0 Å². The zero-order valence-corrected chi connectivity index (χ0v) is 10.9. The zero-order valence-electron chi connectivity index (χ0n) is 10.9. The molecule has 5 nitrogen and oxygen atoms in total. The maximum absolute atomic E-state index is 11.3. The second kappa shape index (κ2) is 4.66. The van der Waals surface area contributed by atoms with Crippen LogP contribution in [0.15, 0.2) is 24.4 Å². The number of imidazole rings is 1. The molecule has 1 saturated heterocycles. The van der Waals surface area contributed by atoms with Crippen molar-refractivity contribution in [3.63, 3.8) is 0 Å². The summed E-state index contributed by atoms with van der Waals surface area (Å²) in [6.07, 6.45) is 3.74. The number of hydrogen-bond donors (Lipinski definition) is 1. The summed E-state index contributed by atoms with van der Waals surface area (Å²) >= 11 is 0. The Morgan fingerprint density at radius 1 is 1.53 bits per heavy atom. The molecule has 0 saturated carbocycles. The van der Waals surface area contributed by atoms with Gasteiger partial charge in [0, 0.05) is 13.0 Å². The second-order valence-electron chi connectivity index (χ2n) is 5.27. The lowest BCUT2D eigenvalue weighted by atomic mass is 10.0. The molecule has 3 rings (SSSR count). The highest BCUT2D eigenvalue weighted by Gasteiger charge is 2.22. The maximum Gasteiger partial charge on any atom is 0.352 e. The fourth-order valence-electron chi connectivity index (χ4n) is 2.88. The van der Waals surface area contributed by atoms with Gasteiger partial charge in [-0.3, -0.25) is 4.40 Å². The standard InChI is InChI=1S/C14H17N3O2/c1-16-6-5-10(9-16)7-13-15-8-11-3-2-4-12(14(18)19)17(11)13/h2-4,8,10H,5-7,9H2,1H3,(H,18,19). The SMILES string of the molecule is CN1CCC(Cc2ncc3cccc(C(=O)O)n23)C1. The number of likely N-dealkylation sites (tertiary alicyclic amines) is 1. The Bertz CT molecular complexity index is 620. The Balaban J connectivity index is 1.97. The van der Waals surface area contributed by atoms with Crippen molar-refractivity contribution in [3.8, 4) is 0 Å². The van der Waals surface area contributed by atoms with Crippen LogP contribution in [0.5, 0.6) is 0 Å². The number of nitrogens with zero attached hydrogens (tertiary/aromatic N) is 3. The van der Waals surface area contributed by atoms with Crippen LogP contribution in [0.2, 0.25) is 0 Å². The molecule has 3 heterocycles. The van der Waals surface area contributed by atoms with Crippen molar-refractivity contribution < 1.29 is 9.90 Å². The van der Waals surface area contributed by atoms with E-state index < -0.39 is 5.97 Å². The van der Waals surface area contributed by atoms with E-state index in [-0.39, 0.29) is 5.69 Å². The molecule has 1 atom stereocenters. The minimum atomic E-state index is -0.909. The largest absolute Gasteiger partial charge is 0.477 e. The number of aromatic nitrogens is 2. The smallest absolute Gasteiger partial charge is 0.352 e. The summed E-state index contributed by atoms with van der Waals surface area (Å²) in [5.74, 6) is 0.513. The van der Waals surface area contributed by atoms with Crippen LogP contribution in [0.25, 0.3) is 5.52 Å². The molecular formula is C14H17N3O2. The van der Waals surface area contributed by atoms with Crippen molar-refractivity contribution in [3.05, 3.63) is 35.9 Å². The summed E-state index contributed by atoms with van der Waals surface area (Å²) in [6, 6.07) is 5.28. The van der Waals surface area contributed by atoms with Gasteiger partial charge >= 0.3 is 5.97 Å². The number of carboxylic acid groups (broad SMARTS) is 1. The van der Waals surface area contributed by atoms with Crippen LogP contribution in [0, 0.1) is 5.92 Å². The number of carboxylic acids is 1. The van der Waals surface area contributed by atoms with Gasteiger partial charge in [-0.05, 0) is 38.1 Å². The fraction of sp³-hybridized carbons (Fsp3) is 0.429. The highest BCUT2D eigenvalue weighted by atomic mass is 16.4. The molecule has 1 aliphatic heterocycles. The number of carbonyl (C=O) groups is 1. The van der Waals surface area contributed by atoms with E-state index in [9.17, 15) is 9.90 Å². The van der Waals surface area contributed by atoms with Gasteiger partial charge in [-0.2, -0.15) is 0 Å². The predicted octanol–water partition coefficient (Wildman–Crippen LogP) is 1.53. The minimum Gasteiger partial charge on any atom is -0.477 e. The van der Waals surface area contributed by atoms with Crippen molar-refractivity contribution in [1.29, 1.82) is 0 Å². The van der Waals surface area contributed by atoms with Gasteiger partial charge in [0.1, 0.15) is 11.5 Å². The molecule has 2 aromatic rings. The number of aromatic carboxylic acids is 1. The molecule has 2 aromatic heterocycles. The van der Waals surface area contributed by atoms with E-state index >= 15 is 0 Å². The van der Waals surface area contributed by atoms with Crippen LogP contribution >= 0.6 is 0 Å². The minimum absolute atomic E-state index is 0.288. The van der Waals surface area contributed by atoms with E-state index in [0.717, 1.165) is 37.3 Å². The fourth-order valence-corrected chi connectivity index (χ4v) is 2.88. The Morgan fingerprint density at radius 3 is 3.05 bits per heavy atom. The lowest BCUT2D eigenvalue weighted by molar-refractivity contribution is 0.0688. The van der Waals surface area contributed by atoms with Crippen molar-refractivity contribution in [2.75, 3.05) is 20.1 Å². The molecule has 0 bridgehead atoms. The summed E-state index contributed by atoms with van der Waals surface area (Å²) in [7, 11) is 2.12. The molecule has 100 valence electrons. The van der Waals surface area contributed by atoms with Gasteiger partial charge in [-0.25, -0.2) is 9.78 Å². The van der Waals surface area contributed by atoms with E-state index in [4.69, 9.17) is 0 Å². The van der Waals surface area contributed by atoms with Crippen molar-refractivity contribution >= 4 is 11.5 Å².